The van der Waals surface area contributed by atoms with Gasteiger partial charge in [0.2, 0.25) is 0 Å². The van der Waals surface area contributed by atoms with Crippen LogP contribution in [0.5, 0.6) is 5.75 Å². The van der Waals surface area contributed by atoms with Crippen LogP contribution in [0.25, 0.3) is 0 Å². The summed E-state index contributed by atoms with van der Waals surface area (Å²) in [6.45, 7) is 6.83. The molecule has 0 unspecified atom stereocenters. The van der Waals surface area contributed by atoms with Crippen molar-refractivity contribution in [2.45, 2.75) is 44.8 Å². The maximum atomic E-state index is 12.3. The summed E-state index contributed by atoms with van der Waals surface area (Å²) in [5, 5.41) is 0. The van der Waals surface area contributed by atoms with Crippen LogP contribution in [0.1, 0.15) is 38.7 Å². The second kappa shape index (κ2) is 6.57. The van der Waals surface area contributed by atoms with E-state index in [2.05, 4.69) is 0 Å². The summed E-state index contributed by atoms with van der Waals surface area (Å²) in [6, 6.07) is 7.91. The van der Waals surface area contributed by atoms with Crippen molar-refractivity contribution in [2.24, 2.45) is 5.73 Å². The Hall–Kier alpha value is -1.75. The Kier molecular flexibility index (Phi) is 4.96. The second-order valence-corrected chi connectivity index (χ2v) is 6.76. The van der Waals surface area contributed by atoms with E-state index in [0.717, 1.165) is 17.7 Å². The van der Waals surface area contributed by atoms with Gasteiger partial charge in [0, 0.05) is 25.0 Å². The lowest BCUT2D eigenvalue weighted by molar-refractivity contribution is 0.0186. The summed E-state index contributed by atoms with van der Waals surface area (Å²) in [7, 11) is 1.65. The SMILES string of the molecule is COc1cccc([C@H]2CN(C(=O)OC(C)(C)C)CC[C@@H]2N)c1. The molecule has 1 fully saturated rings. The van der Waals surface area contributed by atoms with Crippen LogP contribution in [0.2, 0.25) is 0 Å². The first-order valence-electron chi connectivity index (χ1n) is 7.67. The normalized spacial score (nSPS) is 22.3. The Morgan fingerprint density at radius 1 is 1.36 bits per heavy atom. The fourth-order valence-electron chi connectivity index (χ4n) is 2.69. The maximum Gasteiger partial charge on any atom is 0.410 e. The molecular weight excluding hydrogens is 280 g/mol. The summed E-state index contributed by atoms with van der Waals surface area (Å²) >= 11 is 0. The number of piperidine rings is 1. The van der Waals surface area contributed by atoms with Crippen LogP contribution in [-0.4, -0.2) is 42.8 Å². The van der Waals surface area contributed by atoms with E-state index >= 15 is 0 Å². The zero-order valence-corrected chi connectivity index (χ0v) is 13.8. The first kappa shape index (κ1) is 16.6. The zero-order chi connectivity index (χ0) is 16.3. The Bertz CT molecular complexity index is 525. The third-order valence-corrected chi connectivity index (χ3v) is 3.84. The summed E-state index contributed by atoms with van der Waals surface area (Å²) in [5.41, 5.74) is 6.89. The van der Waals surface area contributed by atoms with Crippen LogP contribution in [0, 0.1) is 0 Å². The molecule has 0 spiro atoms. The molecule has 1 saturated heterocycles. The fraction of sp³-hybridized carbons (Fsp3) is 0.588. The number of carbonyl (C=O) groups is 1. The third kappa shape index (κ3) is 4.13. The van der Waals surface area contributed by atoms with E-state index in [0.29, 0.717) is 13.1 Å². The minimum absolute atomic E-state index is 0.0331. The van der Waals surface area contributed by atoms with Gasteiger partial charge in [-0.2, -0.15) is 0 Å². The highest BCUT2D eigenvalue weighted by atomic mass is 16.6. The fourth-order valence-corrected chi connectivity index (χ4v) is 2.69. The van der Waals surface area contributed by atoms with Crippen molar-refractivity contribution in [3.05, 3.63) is 29.8 Å². The van der Waals surface area contributed by atoms with Gasteiger partial charge < -0.3 is 20.1 Å². The number of nitrogens with two attached hydrogens (primary N) is 1. The summed E-state index contributed by atoms with van der Waals surface area (Å²) < 4.78 is 10.7. The Morgan fingerprint density at radius 3 is 2.73 bits per heavy atom. The van der Waals surface area contributed by atoms with Gasteiger partial charge >= 0.3 is 6.09 Å². The summed E-state index contributed by atoms with van der Waals surface area (Å²) in [5.74, 6) is 0.899. The molecule has 5 nitrogen and oxygen atoms in total. The topological polar surface area (TPSA) is 64.8 Å². The van der Waals surface area contributed by atoms with Crippen LogP contribution in [-0.2, 0) is 4.74 Å². The highest BCUT2D eigenvalue weighted by Crippen LogP contribution is 2.29. The van der Waals surface area contributed by atoms with Crippen LogP contribution >= 0.6 is 0 Å². The number of benzene rings is 1. The van der Waals surface area contributed by atoms with E-state index in [1.54, 1.807) is 12.0 Å². The van der Waals surface area contributed by atoms with Gasteiger partial charge in [-0.1, -0.05) is 12.1 Å². The third-order valence-electron chi connectivity index (χ3n) is 3.84. The molecule has 0 saturated carbocycles. The van der Waals surface area contributed by atoms with Crippen molar-refractivity contribution in [3.8, 4) is 5.75 Å². The largest absolute Gasteiger partial charge is 0.497 e. The van der Waals surface area contributed by atoms with Gasteiger partial charge in [-0.3, -0.25) is 0 Å². The van der Waals surface area contributed by atoms with Gasteiger partial charge in [0.15, 0.2) is 0 Å². The van der Waals surface area contributed by atoms with E-state index < -0.39 is 5.60 Å². The molecule has 122 valence electrons. The zero-order valence-electron chi connectivity index (χ0n) is 13.8. The Labute approximate surface area is 132 Å². The Morgan fingerprint density at radius 2 is 2.09 bits per heavy atom. The van der Waals surface area contributed by atoms with Crippen LogP contribution in [0.4, 0.5) is 4.79 Å². The van der Waals surface area contributed by atoms with Gasteiger partial charge in [0.25, 0.3) is 0 Å². The Balaban J connectivity index is 2.12. The molecule has 22 heavy (non-hydrogen) atoms. The molecule has 1 aromatic rings. The number of likely N-dealkylation sites (tertiary alicyclic amines) is 1. The summed E-state index contributed by atoms with van der Waals surface area (Å²) in [6.07, 6.45) is 0.494. The lowest BCUT2D eigenvalue weighted by Crippen LogP contribution is -2.49. The predicted molar refractivity (Wildman–Crippen MR) is 86.1 cm³/mol. The van der Waals surface area contributed by atoms with Crippen molar-refractivity contribution in [3.63, 3.8) is 0 Å². The minimum Gasteiger partial charge on any atom is -0.497 e. The molecule has 1 aliphatic heterocycles. The van der Waals surface area contributed by atoms with Crippen LogP contribution in [0.15, 0.2) is 24.3 Å². The molecule has 1 aliphatic rings. The number of amides is 1. The molecule has 2 atom stereocenters. The predicted octanol–water partition coefficient (Wildman–Crippen LogP) is 2.75. The molecule has 1 amide bonds. The van der Waals surface area contributed by atoms with E-state index in [4.69, 9.17) is 15.2 Å². The lowest BCUT2D eigenvalue weighted by atomic mass is 9.86. The van der Waals surface area contributed by atoms with E-state index in [-0.39, 0.29) is 18.1 Å². The van der Waals surface area contributed by atoms with Crippen molar-refractivity contribution in [2.75, 3.05) is 20.2 Å². The standard InChI is InChI=1S/C17H26N2O3/c1-17(2,3)22-16(20)19-9-8-15(18)14(11-19)12-6-5-7-13(10-12)21-4/h5-7,10,14-15H,8-9,11,18H2,1-4H3/t14-,15+/m1/s1. The number of hydrogen-bond donors (Lipinski definition) is 1. The van der Waals surface area contributed by atoms with Crippen LogP contribution in [0.3, 0.4) is 0 Å². The average Bonchev–Trinajstić information content (AvgIpc) is 2.46. The van der Waals surface area contributed by atoms with Crippen molar-refractivity contribution in [1.82, 2.24) is 4.90 Å². The molecular formula is C17H26N2O3. The molecule has 2 rings (SSSR count). The first-order chi connectivity index (χ1) is 10.3. The lowest BCUT2D eigenvalue weighted by Gasteiger charge is -2.37. The number of carbonyl (C=O) groups excluding carboxylic acids is 1. The van der Waals surface area contributed by atoms with E-state index in [1.807, 2.05) is 45.0 Å². The molecule has 1 heterocycles. The van der Waals surface area contributed by atoms with Gasteiger partial charge in [0.05, 0.1) is 7.11 Å². The number of methoxy groups -OCH3 is 1. The molecule has 2 N–H and O–H groups in total. The van der Waals surface area contributed by atoms with Crippen LogP contribution < -0.4 is 10.5 Å². The second-order valence-electron chi connectivity index (χ2n) is 6.76. The first-order valence-corrected chi connectivity index (χ1v) is 7.67. The number of rotatable bonds is 2. The minimum atomic E-state index is -0.484. The molecule has 5 heteroatoms. The average molecular weight is 306 g/mol. The highest BCUT2D eigenvalue weighted by molar-refractivity contribution is 5.68. The molecule has 0 radical (unpaired) electrons. The summed E-state index contributed by atoms with van der Waals surface area (Å²) in [4.78, 5) is 14.0. The van der Waals surface area contributed by atoms with Gasteiger partial charge in [-0.15, -0.1) is 0 Å². The van der Waals surface area contributed by atoms with E-state index in [1.165, 1.54) is 0 Å². The van der Waals surface area contributed by atoms with Gasteiger partial charge in [0.1, 0.15) is 11.4 Å². The number of ether oxygens (including phenoxy) is 2. The molecule has 0 aromatic heterocycles. The van der Waals surface area contributed by atoms with Crippen molar-refractivity contribution < 1.29 is 14.3 Å². The smallest absolute Gasteiger partial charge is 0.410 e. The molecule has 0 bridgehead atoms. The number of nitrogens with zero attached hydrogens (tertiary/aromatic N) is 1. The monoisotopic (exact) mass is 306 g/mol. The van der Waals surface area contributed by atoms with Gasteiger partial charge in [-0.05, 0) is 44.9 Å². The molecule has 0 aliphatic carbocycles. The molecule has 1 aromatic carbocycles. The van der Waals surface area contributed by atoms with Gasteiger partial charge in [-0.25, -0.2) is 4.79 Å². The van der Waals surface area contributed by atoms with Crippen molar-refractivity contribution >= 4 is 6.09 Å². The van der Waals surface area contributed by atoms with Crippen molar-refractivity contribution in [1.29, 1.82) is 0 Å². The van der Waals surface area contributed by atoms with E-state index in [9.17, 15) is 4.79 Å². The maximum absolute atomic E-state index is 12.3. The highest BCUT2D eigenvalue weighted by Gasteiger charge is 2.32. The quantitative estimate of drug-likeness (QED) is 0.912. The number of hydrogen-bond acceptors (Lipinski definition) is 4.